The first-order valence-corrected chi connectivity index (χ1v) is 4.29. The van der Waals surface area contributed by atoms with Gasteiger partial charge >= 0.3 is 0 Å². The molecular formula is C8H10BrNO. The number of aromatic nitrogens is 1. The van der Waals surface area contributed by atoms with E-state index in [0.717, 1.165) is 14.9 Å². The molecule has 3 heteroatoms. The van der Waals surface area contributed by atoms with Crippen molar-refractivity contribution in [3.8, 4) is 0 Å². The van der Waals surface area contributed by atoms with Gasteiger partial charge in [-0.05, 0) is 0 Å². The van der Waals surface area contributed by atoms with Crippen molar-refractivity contribution in [2.24, 2.45) is 0 Å². The van der Waals surface area contributed by atoms with Crippen LogP contribution in [-0.2, 0) is 0 Å². The summed E-state index contributed by atoms with van der Waals surface area (Å²) in [7, 11) is 0. The molecule has 0 N–H and O–H groups in total. The third kappa shape index (κ3) is 1.93. The summed E-state index contributed by atoms with van der Waals surface area (Å²) in [6, 6.07) is 3.58. The standard InChI is InChI=1S/C8H10BrNO/c1-6(2)8-5-7(9)3-4-10(8)11/h3-6H,1-2H3. The Kier molecular flexibility index (Phi) is 2.49. The Morgan fingerprint density at radius 1 is 1.55 bits per heavy atom. The van der Waals surface area contributed by atoms with Crippen LogP contribution < -0.4 is 4.73 Å². The fourth-order valence-corrected chi connectivity index (χ4v) is 1.25. The number of rotatable bonds is 1. The SMILES string of the molecule is CC(C)c1cc(Br)cc[n+]1[O-]. The highest BCUT2D eigenvalue weighted by Gasteiger charge is 2.09. The van der Waals surface area contributed by atoms with Crippen LogP contribution in [0.1, 0.15) is 25.5 Å². The Labute approximate surface area is 74.6 Å². The molecule has 0 amide bonds. The van der Waals surface area contributed by atoms with Gasteiger partial charge in [-0.15, -0.1) is 0 Å². The average molecular weight is 216 g/mol. The van der Waals surface area contributed by atoms with Crippen LogP contribution in [0.15, 0.2) is 22.8 Å². The minimum Gasteiger partial charge on any atom is -0.618 e. The molecule has 0 spiro atoms. The molecule has 0 bridgehead atoms. The van der Waals surface area contributed by atoms with Gasteiger partial charge in [-0.3, -0.25) is 0 Å². The molecule has 11 heavy (non-hydrogen) atoms. The summed E-state index contributed by atoms with van der Waals surface area (Å²) in [5.41, 5.74) is 0.791. The Balaban J connectivity index is 3.13. The lowest BCUT2D eigenvalue weighted by Gasteiger charge is -2.06. The third-order valence-corrected chi connectivity index (χ3v) is 1.99. The van der Waals surface area contributed by atoms with E-state index in [4.69, 9.17) is 0 Å². The van der Waals surface area contributed by atoms with Crippen molar-refractivity contribution in [2.45, 2.75) is 19.8 Å². The van der Waals surface area contributed by atoms with E-state index < -0.39 is 0 Å². The molecule has 0 radical (unpaired) electrons. The summed E-state index contributed by atoms with van der Waals surface area (Å²) in [5.74, 6) is 0.269. The van der Waals surface area contributed by atoms with E-state index >= 15 is 0 Å². The zero-order valence-corrected chi connectivity index (χ0v) is 8.13. The summed E-state index contributed by atoms with van der Waals surface area (Å²) < 4.78 is 1.85. The lowest BCUT2D eigenvalue weighted by atomic mass is 10.1. The Morgan fingerprint density at radius 3 is 2.64 bits per heavy atom. The molecule has 0 atom stereocenters. The first-order chi connectivity index (χ1) is 5.11. The highest BCUT2D eigenvalue weighted by atomic mass is 79.9. The van der Waals surface area contributed by atoms with Crippen LogP contribution in [0.5, 0.6) is 0 Å². The van der Waals surface area contributed by atoms with Crippen molar-refractivity contribution in [3.63, 3.8) is 0 Å². The predicted molar refractivity (Wildman–Crippen MR) is 47.2 cm³/mol. The molecule has 0 aliphatic carbocycles. The molecule has 1 aromatic heterocycles. The molecule has 0 aliphatic rings. The van der Waals surface area contributed by atoms with Gasteiger partial charge in [-0.25, -0.2) is 0 Å². The van der Waals surface area contributed by atoms with Gasteiger partial charge in [-0.1, -0.05) is 29.8 Å². The van der Waals surface area contributed by atoms with Crippen LogP contribution in [-0.4, -0.2) is 0 Å². The number of hydrogen-bond donors (Lipinski definition) is 0. The second-order valence-corrected chi connectivity index (χ2v) is 3.67. The Hall–Kier alpha value is -0.570. The van der Waals surface area contributed by atoms with E-state index in [0.29, 0.717) is 0 Å². The number of hydrogen-bond acceptors (Lipinski definition) is 1. The zero-order valence-electron chi connectivity index (χ0n) is 6.54. The molecule has 0 aromatic carbocycles. The molecule has 1 heterocycles. The molecule has 1 aromatic rings. The second kappa shape index (κ2) is 3.22. The Morgan fingerprint density at radius 2 is 2.18 bits per heavy atom. The summed E-state index contributed by atoms with van der Waals surface area (Å²) in [5, 5.41) is 11.1. The van der Waals surface area contributed by atoms with Gasteiger partial charge in [0.25, 0.3) is 0 Å². The predicted octanol–water partition coefficient (Wildman–Crippen LogP) is 2.21. The molecule has 60 valence electrons. The van der Waals surface area contributed by atoms with Gasteiger partial charge in [0.2, 0.25) is 0 Å². The van der Waals surface area contributed by atoms with Gasteiger partial charge in [0.15, 0.2) is 11.9 Å². The smallest absolute Gasteiger partial charge is 0.196 e. The lowest BCUT2D eigenvalue weighted by Crippen LogP contribution is -2.31. The largest absolute Gasteiger partial charge is 0.618 e. The maximum Gasteiger partial charge on any atom is 0.196 e. The first-order valence-electron chi connectivity index (χ1n) is 3.50. The maximum atomic E-state index is 11.1. The maximum absolute atomic E-state index is 11.1. The molecule has 2 nitrogen and oxygen atoms in total. The summed E-state index contributed by atoms with van der Waals surface area (Å²) >= 11 is 3.31. The molecule has 0 saturated heterocycles. The van der Waals surface area contributed by atoms with E-state index in [-0.39, 0.29) is 5.92 Å². The quantitative estimate of drug-likeness (QED) is 0.522. The Bertz CT molecular complexity index is 260. The molecule has 0 saturated carbocycles. The topological polar surface area (TPSA) is 26.9 Å². The average Bonchev–Trinajstić information content (AvgIpc) is 1.94. The summed E-state index contributed by atoms with van der Waals surface area (Å²) in [6.07, 6.45) is 1.51. The number of pyridine rings is 1. The molecular weight excluding hydrogens is 206 g/mol. The van der Waals surface area contributed by atoms with Crippen LogP contribution in [0.3, 0.4) is 0 Å². The zero-order chi connectivity index (χ0) is 8.43. The van der Waals surface area contributed by atoms with Gasteiger partial charge in [0.1, 0.15) is 0 Å². The van der Waals surface area contributed by atoms with Gasteiger partial charge < -0.3 is 5.21 Å². The van der Waals surface area contributed by atoms with Crippen LogP contribution in [0.25, 0.3) is 0 Å². The fourth-order valence-electron chi connectivity index (χ4n) is 0.899. The summed E-state index contributed by atoms with van der Waals surface area (Å²) in [4.78, 5) is 0. The monoisotopic (exact) mass is 215 g/mol. The van der Waals surface area contributed by atoms with Crippen molar-refractivity contribution in [3.05, 3.63) is 33.7 Å². The van der Waals surface area contributed by atoms with E-state index in [1.807, 2.05) is 19.9 Å². The minimum absolute atomic E-state index is 0.269. The first kappa shape index (κ1) is 8.53. The van der Waals surface area contributed by atoms with Crippen molar-refractivity contribution in [1.29, 1.82) is 0 Å². The molecule has 0 unspecified atom stereocenters. The van der Waals surface area contributed by atoms with E-state index in [1.54, 1.807) is 6.07 Å². The third-order valence-electron chi connectivity index (χ3n) is 1.50. The highest BCUT2D eigenvalue weighted by Crippen LogP contribution is 2.14. The van der Waals surface area contributed by atoms with Gasteiger partial charge in [-0.2, -0.15) is 4.73 Å². The van der Waals surface area contributed by atoms with Crippen LogP contribution in [0.4, 0.5) is 0 Å². The summed E-state index contributed by atoms with van der Waals surface area (Å²) in [6.45, 7) is 3.99. The van der Waals surface area contributed by atoms with Crippen molar-refractivity contribution in [2.75, 3.05) is 0 Å². The number of halogens is 1. The van der Waals surface area contributed by atoms with Crippen molar-refractivity contribution < 1.29 is 4.73 Å². The lowest BCUT2D eigenvalue weighted by molar-refractivity contribution is -0.615. The fraction of sp³-hybridized carbons (Fsp3) is 0.375. The van der Waals surface area contributed by atoms with Crippen molar-refractivity contribution in [1.82, 2.24) is 0 Å². The van der Waals surface area contributed by atoms with Crippen molar-refractivity contribution >= 4 is 15.9 Å². The van der Waals surface area contributed by atoms with Gasteiger partial charge in [0, 0.05) is 22.5 Å². The minimum atomic E-state index is 0.269. The van der Waals surface area contributed by atoms with E-state index in [1.165, 1.54) is 6.20 Å². The van der Waals surface area contributed by atoms with Crippen LogP contribution >= 0.6 is 15.9 Å². The highest BCUT2D eigenvalue weighted by molar-refractivity contribution is 9.10. The molecule has 0 fully saturated rings. The van der Waals surface area contributed by atoms with E-state index in [9.17, 15) is 5.21 Å². The van der Waals surface area contributed by atoms with E-state index in [2.05, 4.69) is 15.9 Å². The van der Waals surface area contributed by atoms with Crippen LogP contribution in [0.2, 0.25) is 0 Å². The number of nitrogens with zero attached hydrogens (tertiary/aromatic N) is 1. The second-order valence-electron chi connectivity index (χ2n) is 2.75. The van der Waals surface area contributed by atoms with Crippen LogP contribution in [0, 0.1) is 5.21 Å². The van der Waals surface area contributed by atoms with Gasteiger partial charge in [0.05, 0.1) is 0 Å². The normalized spacial score (nSPS) is 10.5. The molecule has 1 rings (SSSR count). The molecule has 0 aliphatic heterocycles.